The summed E-state index contributed by atoms with van der Waals surface area (Å²) in [6.45, 7) is 1.33. The molecule has 1 atom stereocenters. The molecule has 1 aliphatic heterocycles. The van der Waals surface area contributed by atoms with Crippen molar-refractivity contribution in [3.63, 3.8) is 0 Å². The largest absolute Gasteiger partial charge is 1.00 e. The Morgan fingerprint density at radius 1 is 1.35 bits per heavy atom. The topological polar surface area (TPSA) is 89.0 Å². The van der Waals surface area contributed by atoms with Crippen LogP contribution in [0.3, 0.4) is 0 Å². The Hall–Kier alpha value is -1.57. The van der Waals surface area contributed by atoms with Crippen LogP contribution >= 0.6 is 23.2 Å². The number of hydrogen-bond donors (Lipinski definition) is 1. The molecule has 1 N–H and O–H groups in total. The van der Waals surface area contributed by atoms with E-state index in [1.807, 2.05) is 21.7 Å². The minimum Gasteiger partial charge on any atom is -1.00 e. The molecule has 1 aromatic heterocycles. The summed E-state index contributed by atoms with van der Waals surface area (Å²) in [4.78, 5) is 9.01. The van der Waals surface area contributed by atoms with Crippen molar-refractivity contribution in [3.05, 3.63) is 62.7 Å². The molecule has 0 spiro atoms. The number of aliphatic hydroxyl groups is 1. The lowest BCUT2D eigenvalue weighted by Crippen LogP contribution is -3.00. The Labute approximate surface area is 171 Å². The molecule has 10 heteroatoms. The van der Waals surface area contributed by atoms with Gasteiger partial charge in [-0.25, -0.2) is 9.47 Å². The van der Waals surface area contributed by atoms with Crippen LogP contribution in [0.5, 0.6) is 0 Å². The highest BCUT2D eigenvalue weighted by Crippen LogP contribution is 2.36. The van der Waals surface area contributed by atoms with Gasteiger partial charge in [0.15, 0.2) is 0 Å². The average molecular weight is 460 g/mol. The highest BCUT2D eigenvalue weighted by Gasteiger charge is 2.51. The molecular formula is C16H17BrCl2N6O. The van der Waals surface area contributed by atoms with E-state index < -0.39 is 5.72 Å². The quantitative estimate of drug-likeness (QED) is 0.223. The van der Waals surface area contributed by atoms with E-state index in [1.165, 1.54) is 0 Å². The first-order valence-corrected chi connectivity index (χ1v) is 8.63. The lowest BCUT2D eigenvalue weighted by atomic mass is 10.0. The van der Waals surface area contributed by atoms with Crippen LogP contribution in [-0.4, -0.2) is 23.2 Å². The van der Waals surface area contributed by atoms with Gasteiger partial charge < -0.3 is 22.1 Å². The summed E-state index contributed by atoms with van der Waals surface area (Å²) in [7, 11) is 0. The number of anilines is 1. The van der Waals surface area contributed by atoms with Crippen molar-refractivity contribution in [3.8, 4) is 0 Å². The van der Waals surface area contributed by atoms with Crippen molar-refractivity contribution in [2.45, 2.75) is 25.1 Å². The molecule has 3 rings (SSSR count). The third-order valence-electron chi connectivity index (χ3n) is 4.21. The zero-order valence-corrected chi connectivity index (χ0v) is 16.9. The summed E-state index contributed by atoms with van der Waals surface area (Å²) in [5.41, 5.74) is 7.74. The molecule has 0 radical (unpaired) electrons. The van der Waals surface area contributed by atoms with E-state index >= 15 is 0 Å². The second-order valence-electron chi connectivity index (χ2n) is 5.81. The maximum atomic E-state index is 11.4. The molecule has 0 saturated heterocycles. The molecule has 1 aliphatic rings. The van der Waals surface area contributed by atoms with Crippen molar-refractivity contribution in [1.82, 2.24) is 4.98 Å². The van der Waals surface area contributed by atoms with Crippen molar-refractivity contribution < 1.29 is 26.7 Å². The number of fused-ring (bicyclic) bond motifs is 1. The highest BCUT2D eigenvalue weighted by atomic mass is 79.9. The molecule has 7 nitrogen and oxygen atoms in total. The molecule has 2 heterocycles. The Morgan fingerprint density at radius 2 is 2.15 bits per heavy atom. The number of hydrogen-bond acceptors (Lipinski definition) is 4. The number of azide groups is 1. The van der Waals surface area contributed by atoms with Crippen molar-refractivity contribution >= 4 is 29.2 Å². The van der Waals surface area contributed by atoms with Gasteiger partial charge in [0.1, 0.15) is 12.7 Å². The lowest BCUT2D eigenvalue weighted by molar-refractivity contribution is -0.685. The molecular weight excluding hydrogens is 443 g/mol. The van der Waals surface area contributed by atoms with Gasteiger partial charge in [0.25, 0.3) is 0 Å². The summed E-state index contributed by atoms with van der Waals surface area (Å²) in [5.74, 6) is 0.680. The highest BCUT2D eigenvalue weighted by molar-refractivity contribution is 6.42. The lowest BCUT2D eigenvalue weighted by Gasteiger charge is -2.28. The Balaban J connectivity index is 0.00000243. The Morgan fingerprint density at radius 3 is 2.88 bits per heavy atom. The number of benzene rings is 1. The normalized spacial score (nSPS) is 18.0. The third-order valence-corrected chi connectivity index (χ3v) is 4.95. The van der Waals surface area contributed by atoms with E-state index in [-0.39, 0.29) is 17.0 Å². The maximum absolute atomic E-state index is 11.4. The van der Waals surface area contributed by atoms with Gasteiger partial charge in [-0.3, -0.25) is 0 Å². The van der Waals surface area contributed by atoms with E-state index in [4.69, 9.17) is 28.7 Å². The van der Waals surface area contributed by atoms with E-state index in [2.05, 4.69) is 15.0 Å². The standard InChI is InChI=1S/C16H17Cl2N6O.BrH/c17-13-5-4-12(10-14(13)18)16(25)11-23-8-3-6-20-15(23)24(16)9-2-1-7-21-22-19;/h3-6,8,10,25H,1-2,7,9,11H2;1H/q+1;/p-1. The molecule has 0 fully saturated rings. The van der Waals surface area contributed by atoms with Gasteiger partial charge in [0.2, 0.25) is 5.72 Å². The number of unbranched alkanes of at least 4 members (excludes halogenated alkanes) is 1. The molecule has 0 aliphatic carbocycles. The van der Waals surface area contributed by atoms with Crippen molar-refractivity contribution in [2.24, 2.45) is 5.11 Å². The van der Waals surface area contributed by atoms with E-state index in [9.17, 15) is 5.11 Å². The third kappa shape index (κ3) is 4.05. The summed E-state index contributed by atoms with van der Waals surface area (Å²) >= 11 is 12.2. The molecule has 2 aromatic rings. The predicted molar refractivity (Wildman–Crippen MR) is 95.4 cm³/mol. The van der Waals surface area contributed by atoms with Crippen LogP contribution in [0.25, 0.3) is 10.4 Å². The summed E-state index contributed by atoms with van der Waals surface area (Å²) < 4.78 is 1.90. The van der Waals surface area contributed by atoms with Crippen LogP contribution in [0.1, 0.15) is 18.4 Å². The smallest absolute Gasteiger partial charge is 0.396 e. The van der Waals surface area contributed by atoms with Crippen LogP contribution in [0, 0.1) is 0 Å². The minimum absolute atomic E-state index is 0. The first kappa shape index (κ1) is 20.7. The fraction of sp³-hybridized carbons (Fsp3) is 0.375. The molecule has 0 saturated carbocycles. The molecule has 1 unspecified atom stereocenters. The van der Waals surface area contributed by atoms with Gasteiger partial charge >= 0.3 is 5.95 Å². The van der Waals surface area contributed by atoms with E-state index in [0.29, 0.717) is 41.2 Å². The average Bonchev–Trinajstić information content (AvgIpc) is 2.90. The maximum Gasteiger partial charge on any atom is 0.396 e. The number of nitrogens with zero attached hydrogens (tertiary/aromatic N) is 6. The molecule has 138 valence electrons. The molecule has 26 heavy (non-hydrogen) atoms. The van der Waals surface area contributed by atoms with Gasteiger partial charge in [-0.15, -0.1) is 0 Å². The number of rotatable bonds is 6. The van der Waals surface area contributed by atoms with Gasteiger partial charge in [-0.1, -0.05) is 39.4 Å². The van der Waals surface area contributed by atoms with Crippen LogP contribution in [0.4, 0.5) is 5.95 Å². The summed E-state index contributed by atoms with van der Waals surface area (Å²) in [6.07, 6.45) is 5.05. The second-order valence-corrected chi connectivity index (χ2v) is 6.62. The van der Waals surface area contributed by atoms with Gasteiger partial charge in [-0.2, -0.15) is 0 Å². The Bertz CT molecular complexity index is 832. The van der Waals surface area contributed by atoms with Crippen LogP contribution < -0.4 is 26.4 Å². The first-order chi connectivity index (χ1) is 12.1. The van der Waals surface area contributed by atoms with Crippen molar-refractivity contribution in [2.75, 3.05) is 18.0 Å². The van der Waals surface area contributed by atoms with Gasteiger partial charge in [0.05, 0.1) is 22.8 Å². The number of aromatic nitrogens is 2. The fourth-order valence-electron chi connectivity index (χ4n) is 3.00. The van der Waals surface area contributed by atoms with Gasteiger partial charge in [-0.05, 0) is 30.5 Å². The minimum atomic E-state index is -1.27. The SMILES string of the molecule is [Br-].[N-]=[N+]=NCCCCN1c2nccc[n+]2CC1(O)c1ccc(Cl)c(Cl)c1. The zero-order chi connectivity index (χ0) is 17.9. The zero-order valence-electron chi connectivity index (χ0n) is 13.8. The van der Waals surface area contributed by atoms with Crippen molar-refractivity contribution in [1.29, 1.82) is 0 Å². The summed E-state index contributed by atoms with van der Waals surface area (Å²) in [6, 6.07) is 6.96. The van der Waals surface area contributed by atoms with Crippen LogP contribution in [-0.2, 0) is 12.3 Å². The van der Waals surface area contributed by atoms with E-state index in [0.717, 1.165) is 12.8 Å². The van der Waals surface area contributed by atoms with E-state index in [1.54, 1.807) is 24.4 Å². The van der Waals surface area contributed by atoms with Crippen LogP contribution in [0.2, 0.25) is 10.0 Å². The molecule has 1 aromatic carbocycles. The number of halogens is 3. The van der Waals surface area contributed by atoms with Crippen LogP contribution in [0.15, 0.2) is 41.8 Å². The summed E-state index contributed by atoms with van der Waals surface area (Å²) in [5, 5.41) is 15.8. The molecule has 0 bridgehead atoms. The fourth-order valence-corrected chi connectivity index (χ4v) is 3.30. The molecule has 0 amide bonds. The monoisotopic (exact) mass is 458 g/mol. The second kappa shape index (κ2) is 8.88. The predicted octanol–water partition coefficient (Wildman–Crippen LogP) is 0.436. The Kier molecular flexibility index (Phi) is 7.08. The van der Waals surface area contributed by atoms with Gasteiger partial charge in [0, 0.05) is 23.1 Å². The first-order valence-electron chi connectivity index (χ1n) is 7.87.